The number of hydrogen-bond donors (Lipinski definition) is 0. The molecule has 1 fully saturated rings. The van der Waals surface area contributed by atoms with E-state index in [1.54, 1.807) is 0 Å². The summed E-state index contributed by atoms with van der Waals surface area (Å²) < 4.78 is 29.8. The highest BCUT2D eigenvalue weighted by Crippen LogP contribution is 2.38. The van der Waals surface area contributed by atoms with Crippen molar-refractivity contribution < 1.29 is 23.4 Å². The summed E-state index contributed by atoms with van der Waals surface area (Å²) in [5.41, 5.74) is -0.0722. The molecular formula is C27H52O5Si. The first kappa shape index (κ1) is 30.6. The van der Waals surface area contributed by atoms with Crippen molar-refractivity contribution in [2.45, 2.75) is 111 Å². The van der Waals surface area contributed by atoms with E-state index in [1.165, 1.54) is 0 Å². The highest BCUT2D eigenvalue weighted by Gasteiger charge is 2.38. The van der Waals surface area contributed by atoms with E-state index in [9.17, 15) is 0 Å². The maximum atomic E-state index is 6.40. The molecule has 5 nitrogen and oxygen atoms in total. The lowest BCUT2D eigenvalue weighted by atomic mass is 9.83. The summed E-state index contributed by atoms with van der Waals surface area (Å²) >= 11 is 0. The number of ether oxygens (including phenoxy) is 4. The van der Waals surface area contributed by atoms with Crippen LogP contribution in [0.3, 0.4) is 0 Å². The van der Waals surface area contributed by atoms with Gasteiger partial charge < -0.3 is 23.4 Å². The molecule has 0 spiro atoms. The van der Waals surface area contributed by atoms with Crippen molar-refractivity contribution in [2.24, 2.45) is 10.8 Å². The summed E-state index contributed by atoms with van der Waals surface area (Å²) in [7, 11) is -1.71. The second-order valence-electron chi connectivity index (χ2n) is 12.4. The van der Waals surface area contributed by atoms with Gasteiger partial charge in [0, 0.05) is 31.8 Å². The molecule has 1 rings (SSSR count). The molecule has 194 valence electrons. The molecule has 0 N–H and O–H groups in total. The molecule has 1 aliphatic rings. The van der Waals surface area contributed by atoms with E-state index in [0.29, 0.717) is 19.8 Å². The lowest BCUT2D eigenvalue weighted by molar-refractivity contribution is -0.196. The molecule has 0 aromatic rings. The van der Waals surface area contributed by atoms with Crippen LogP contribution in [-0.4, -0.2) is 60.4 Å². The largest absolute Gasteiger partial charge is 0.416 e. The van der Waals surface area contributed by atoms with Gasteiger partial charge in [0.15, 0.2) is 14.6 Å². The van der Waals surface area contributed by atoms with Crippen LogP contribution in [0.25, 0.3) is 0 Å². The third-order valence-corrected chi connectivity index (χ3v) is 11.6. The van der Waals surface area contributed by atoms with Crippen LogP contribution < -0.4 is 0 Å². The number of hydrogen-bond acceptors (Lipinski definition) is 5. The monoisotopic (exact) mass is 484 g/mol. The average molecular weight is 485 g/mol. The van der Waals surface area contributed by atoms with Gasteiger partial charge in [-0.2, -0.15) is 0 Å². The van der Waals surface area contributed by atoms with E-state index in [2.05, 4.69) is 67.5 Å². The first-order chi connectivity index (χ1) is 15.2. The third-order valence-electron chi connectivity index (χ3n) is 7.10. The zero-order valence-corrected chi connectivity index (χ0v) is 24.1. The van der Waals surface area contributed by atoms with E-state index in [0.717, 1.165) is 51.9 Å². The first-order valence-electron chi connectivity index (χ1n) is 12.7. The van der Waals surface area contributed by atoms with Crippen molar-refractivity contribution in [1.82, 2.24) is 0 Å². The summed E-state index contributed by atoms with van der Waals surface area (Å²) in [6.45, 7) is 24.3. The van der Waals surface area contributed by atoms with Gasteiger partial charge in [0.2, 0.25) is 0 Å². The van der Waals surface area contributed by atoms with Gasteiger partial charge in [-0.25, -0.2) is 0 Å². The molecule has 0 amide bonds. The normalized spacial score (nSPS) is 19.3. The topological polar surface area (TPSA) is 46.2 Å². The Morgan fingerprint density at radius 1 is 0.939 bits per heavy atom. The number of rotatable bonds is 15. The lowest BCUT2D eigenvalue weighted by Crippen LogP contribution is -2.43. The van der Waals surface area contributed by atoms with Crippen LogP contribution in [0.4, 0.5) is 0 Å². The SMILES string of the molecule is C#CC(OC1CCCCO1)C(C)(C)CCOCCOCCC(C)(C)CO[Si](C)(C)C(C)(C)C. The molecule has 1 aliphatic heterocycles. The van der Waals surface area contributed by atoms with Gasteiger partial charge in [-0.05, 0) is 55.7 Å². The van der Waals surface area contributed by atoms with E-state index in [4.69, 9.17) is 29.8 Å². The smallest absolute Gasteiger partial charge is 0.192 e. The summed E-state index contributed by atoms with van der Waals surface area (Å²) in [5, 5.41) is 0.238. The fourth-order valence-electron chi connectivity index (χ4n) is 3.22. The molecule has 0 aromatic carbocycles. The standard InChI is InChI=1S/C27H52O5Si/c1-11-23(32-24-14-12-13-17-30-24)27(7,8)16-19-29-21-20-28-18-15-26(5,6)22-31-33(9,10)25(2,3)4/h1,23-24H,12-22H2,2-10H3. The summed E-state index contributed by atoms with van der Waals surface area (Å²) in [6.07, 6.45) is 10.3. The van der Waals surface area contributed by atoms with Gasteiger partial charge in [0.05, 0.1) is 13.2 Å². The van der Waals surface area contributed by atoms with Gasteiger partial charge in [-0.15, -0.1) is 6.42 Å². The Morgan fingerprint density at radius 3 is 2.06 bits per heavy atom. The summed E-state index contributed by atoms with van der Waals surface area (Å²) in [6, 6.07) is 0. The zero-order chi connectivity index (χ0) is 25.2. The average Bonchev–Trinajstić information content (AvgIpc) is 2.72. The molecule has 33 heavy (non-hydrogen) atoms. The third kappa shape index (κ3) is 11.7. The minimum atomic E-state index is -1.71. The van der Waals surface area contributed by atoms with Gasteiger partial charge in [-0.1, -0.05) is 54.4 Å². The quantitative estimate of drug-likeness (QED) is 0.152. The van der Waals surface area contributed by atoms with Gasteiger partial charge in [-0.3, -0.25) is 0 Å². The Labute approximate surface area is 205 Å². The van der Waals surface area contributed by atoms with E-state index >= 15 is 0 Å². The Morgan fingerprint density at radius 2 is 1.55 bits per heavy atom. The molecule has 0 bridgehead atoms. The second kappa shape index (κ2) is 13.6. The minimum Gasteiger partial charge on any atom is -0.416 e. The maximum Gasteiger partial charge on any atom is 0.192 e. The fraction of sp³-hybridized carbons (Fsp3) is 0.926. The van der Waals surface area contributed by atoms with Crippen LogP contribution in [0.5, 0.6) is 0 Å². The van der Waals surface area contributed by atoms with Crippen LogP contribution in [0.15, 0.2) is 0 Å². The first-order valence-corrected chi connectivity index (χ1v) is 15.6. The van der Waals surface area contributed by atoms with Crippen molar-refractivity contribution >= 4 is 8.32 Å². The molecule has 0 radical (unpaired) electrons. The fourth-order valence-corrected chi connectivity index (χ4v) is 4.41. The van der Waals surface area contributed by atoms with E-state index < -0.39 is 8.32 Å². The van der Waals surface area contributed by atoms with Crippen molar-refractivity contribution in [3.05, 3.63) is 0 Å². The Kier molecular flexibility index (Phi) is 12.6. The zero-order valence-electron chi connectivity index (χ0n) is 23.1. The predicted molar refractivity (Wildman–Crippen MR) is 139 cm³/mol. The van der Waals surface area contributed by atoms with Crippen LogP contribution in [-0.2, 0) is 23.4 Å². The Hall–Kier alpha value is -0.423. The van der Waals surface area contributed by atoms with E-state index in [1.807, 2.05) is 0 Å². The van der Waals surface area contributed by atoms with E-state index in [-0.39, 0.29) is 28.3 Å². The van der Waals surface area contributed by atoms with Crippen LogP contribution in [0.1, 0.15) is 80.6 Å². The molecule has 1 saturated heterocycles. The minimum absolute atomic E-state index is 0.104. The second-order valence-corrected chi connectivity index (χ2v) is 17.2. The van der Waals surface area contributed by atoms with Crippen LogP contribution in [0, 0.1) is 23.2 Å². The molecule has 0 saturated carbocycles. The maximum absolute atomic E-state index is 6.40. The Balaban J connectivity index is 2.19. The summed E-state index contributed by atoms with van der Waals surface area (Å²) in [4.78, 5) is 0. The van der Waals surface area contributed by atoms with Crippen molar-refractivity contribution in [3.8, 4) is 12.3 Å². The summed E-state index contributed by atoms with van der Waals surface area (Å²) in [5.74, 6) is 2.81. The van der Waals surface area contributed by atoms with Crippen molar-refractivity contribution in [2.75, 3.05) is 39.6 Å². The van der Waals surface area contributed by atoms with Crippen molar-refractivity contribution in [1.29, 1.82) is 0 Å². The van der Waals surface area contributed by atoms with Gasteiger partial charge in [0.1, 0.15) is 6.10 Å². The molecule has 6 heteroatoms. The number of terminal acetylenes is 1. The highest BCUT2D eigenvalue weighted by atomic mass is 28.4. The molecule has 0 aromatic heterocycles. The molecular weight excluding hydrogens is 432 g/mol. The van der Waals surface area contributed by atoms with Crippen LogP contribution >= 0.6 is 0 Å². The van der Waals surface area contributed by atoms with Gasteiger partial charge >= 0.3 is 0 Å². The molecule has 0 aliphatic carbocycles. The van der Waals surface area contributed by atoms with Crippen LogP contribution in [0.2, 0.25) is 18.1 Å². The molecule has 1 heterocycles. The Bertz CT molecular complexity index is 582. The lowest BCUT2D eigenvalue weighted by Gasteiger charge is -2.39. The molecule has 2 atom stereocenters. The molecule has 2 unspecified atom stereocenters. The van der Waals surface area contributed by atoms with Gasteiger partial charge in [0.25, 0.3) is 0 Å². The van der Waals surface area contributed by atoms with Crippen molar-refractivity contribution in [3.63, 3.8) is 0 Å². The highest BCUT2D eigenvalue weighted by molar-refractivity contribution is 6.74. The predicted octanol–water partition coefficient (Wildman–Crippen LogP) is 6.42.